The number of rotatable bonds is 4. The van der Waals surface area contributed by atoms with Crippen LogP contribution in [0.3, 0.4) is 0 Å². The number of carbonyl (C=O) groups is 1. The third-order valence-electron chi connectivity index (χ3n) is 3.66. The van der Waals surface area contributed by atoms with E-state index in [1.165, 1.54) is 25.7 Å². The summed E-state index contributed by atoms with van der Waals surface area (Å²) < 4.78 is 0. The minimum Gasteiger partial charge on any atom is -0.357 e. The number of aromatic amines is 1. The van der Waals surface area contributed by atoms with Gasteiger partial charge in [0, 0.05) is 24.8 Å². The standard InChI is InChI=1S/C13H19N3O/c17-13(12-4-2-8-15-12)16(11-5-6-11)9-10-3-1-7-14-10/h2,4,8,10-11,14-15H,1,3,5-7,9H2/t10-/m0/s1. The Bertz CT molecular complexity index is 377. The normalized spacial score (nSPS) is 23.9. The van der Waals surface area contributed by atoms with E-state index in [0.29, 0.717) is 12.1 Å². The van der Waals surface area contributed by atoms with E-state index in [-0.39, 0.29) is 5.91 Å². The Kier molecular flexibility index (Phi) is 2.89. The molecule has 4 nitrogen and oxygen atoms in total. The quantitative estimate of drug-likeness (QED) is 0.825. The lowest BCUT2D eigenvalue weighted by atomic mass is 10.2. The van der Waals surface area contributed by atoms with Gasteiger partial charge in [0.15, 0.2) is 0 Å². The van der Waals surface area contributed by atoms with Crippen LogP contribution in [0.15, 0.2) is 18.3 Å². The summed E-state index contributed by atoms with van der Waals surface area (Å²) >= 11 is 0. The second kappa shape index (κ2) is 4.53. The van der Waals surface area contributed by atoms with Crippen LogP contribution in [0.25, 0.3) is 0 Å². The van der Waals surface area contributed by atoms with Crippen LogP contribution in [-0.4, -0.2) is 41.0 Å². The third kappa shape index (κ3) is 2.36. The Morgan fingerprint density at radius 1 is 1.41 bits per heavy atom. The molecule has 1 aromatic heterocycles. The second-order valence-electron chi connectivity index (χ2n) is 5.07. The van der Waals surface area contributed by atoms with Crippen molar-refractivity contribution in [2.45, 2.75) is 37.8 Å². The van der Waals surface area contributed by atoms with Gasteiger partial charge in [-0.1, -0.05) is 0 Å². The molecule has 2 heterocycles. The smallest absolute Gasteiger partial charge is 0.270 e. The summed E-state index contributed by atoms with van der Waals surface area (Å²) in [4.78, 5) is 17.4. The van der Waals surface area contributed by atoms with Crippen molar-refractivity contribution in [2.75, 3.05) is 13.1 Å². The molecule has 1 aliphatic heterocycles. The van der Waals surface area contributed by atoms with Crippen molar-refractivity contribution in [2.24, 2.45) is 0 Å². The largest absolute Gasteiger partial charge is 0.357 e. The van der Waals surface area contributed by atoms with E-state index in [4.69, 9.17) is 0 Å². The van der Waals surface area contributed by atoms with Gasteiger partial charge in [-0.15, -0.1) is 0 Å². The maximum atomic E-state index is 12.3. The van der Waals surface area contributed by atoms with Crippen LogP contribution in [0.5, 0.6) is 0 Å². The molecule has 1 amide bonds. The molecule has 1 saturated carbocycles. The van der Waals surface area contributed by atoms with Crippen molar-refractivity contribution in [3.05, 3.63) is 24.0 Å². The molecule has 1 aliphatic carbocycles. The summed E-state index contributed by atoms with van der Waals surface area (Å²) in [5, 5.41) is 3.47. The Labute approximate surface area is 101 Å². The van der Waals surface area contributed by atoms with Crippen LogP contribution >= 0.6 is 0 Å². The van der Waals surface area contributed by atoms with Gasteiger partial charge in [0.05, 0.1) is 0 Å². The van der Waals surface area contributed by atoms with E-state index in [2.05, 4.69) is 15.2 Å². The van der Waals surface area contributed by atoms with Crippen molar-refractivity contribution in [1.82, 2.24) is 15.2 Å². The molecule has 0 radical (unpaired) electrons. The molecule has 1 saturated heterocycles. The van der Waals surface area contributed by atoms with E-state index in [9.17, 15) is 4.79 Å². The first kappa shape index (κ1) is 10.8. The van der Waals surface area contributed by atoms with Crippen molar-refractivity contribution < 1.29 is 4.79 Å². The van der Waals surface area contributed by atoms with Gasteiger partial charge in [-0.3, -0.25) is 4.79 Å². The SMILES string of the molecule is O=C(c1ccc[nH]1)N(C[C@@H]1CCCN1)C1CC1. The van der Waals surface area contributed by atoms with E-state index in [0.717, 1.165) is 18.8 Å². The molecule has 2 N–H and O–H groups in total. The second-order valence-corrected chi connectivity index (χ2v) is 5.07. The number of aromatic nitrogens is 1. The number of hydrogen-bond donors (Lipinski definition) is 2. The van der Waals surface area contributed by atoms with Crippen molar-refractivity contribution >= 4 is 5.91 Å². The van der Waals surface area contributed by atoms with Crippen molar-refractivity contribution in [3.63, 3.8) is 0 Å². The van der Waals surface area contributed by atoms with Gasteiger partial charge < -0.3 is 15.2 Å². The highest BCUT2D eigenvalue weighted by atomic mass is 16.2. The van der Waals surface area contributed by atoms with Crippen molar-refractivity contribution in [1.29, 1.82) is 0 Å². The maximum Gasteiger partial charge on any atom is 0.270 e. The van der Waals surface area contributed by atoms with Gasteiger partial charge in [0.1, 0.15) is 5.69 Å². The minimum atomic E-state index is 0.159. The van der Waals surface area contributed by atoms with E-state index in [1.54, 1.807) is 0 Å². The molecule has 0 aromatic carbocycles. The van der Waals surface area contributed by atoms with Gasteiger partial charge in [-0.25, -0.2) is 0 Å². The van der Waals surface area contributed by atoms with E-state index in [1.807, 2.05) is 18.3 Å². The summed E-state index contributed by atoms with van der Waals surface area (Å²) in [5.41, 5.74) is 0.717. The lowest BCUT2D eigenvalue weighted by Crippen LogP contribution is -2.42. The van der Waals surface area contributed by atoms with Gasteiger partial charge in [0.2, 0.25) is 0 Å². The molecular formula is C13H19N3O. The number of H-pyrrole nitrogens is 1. The zero-order chi connectivity index (χ0) is 11.7. The van der Waals surface area contributed by atoms with Crippen molar-refractivity contribution in [3.8, 4) is 0 Å². The predicted octanol–water partition coefficient (Wildman–Crippen LogP) is 1.37. The predicted molar refractivity (Wildman–Crippen MR) is 65.9 cm³/mol. The summed E-state index contributed by atoms with van der Waals surface area (Å²) in [6.07, 6.45) is 6.57. The van der Waals surface area contributed by atoms with Crippen LogP contribution in [-0.2, 0) is 0 Å². The van der Waals surface area contributed by atoms with E-state index < -0.39 is 0 Å². The lowest BCUT2D eigenvalue weighted by Gasteiger charge is -2.25. The first-order valence-electron chi connectivity index (χ1n) is 6.52. The monoisotopic (exact) mass is 233 g/mol. The molecule has 3 rings (SSSR count). The number of carbonyl (C=O) groups excluding carboxylic acids is 1. The average Bonchev–Trinajstić information content (AvgIpc) is 2.86. The van der Waals surface area contributed by atoms with Gasteiger partial charge in [-0.05, 0) is 44.4 Å². The van der Waals surface area contributed by atoms with Crippen LogP contribution in [0, 0.1) is 0 Å². The highest BCUT2D eigenvalue weighted by Crippen LogP contribution is 2.28. The van der Waals surface area contributed by atoms with Crippen LogP contribution in [0.2, 0.25) is 0 Å². The summed E-state index contributed by atoms with van der Waals surface area (Å²) in [6, 6.07) is 4.72. The Morgan fingerprint density at radius 3 is 2.88 bits per heavy atom. The van der Waals surface area contributed by atoms with Gasteiger partial charge in [-0.2, -0.15) is 0 Å². The maximum absolute atomic E-state index is 12.3. The minimum absolute atomic E-state index is 0.159. The fourth-order valence-corrected chi connectivity index (χ4v) is 2.55. The number of nitrogens with one attached hydrogen (secondary N) is 2. The number of hydrogen-bond acceptors (Lipinski definition) is 2. The zero-order valence-electron chi connectivity index (χ0n) is 9.98. The first-order chi connectivity index (χ1) is 8.34. The molecule has 4 heteroatoms. The molecule has 0 spiro atoms. The molecule has 0 unspecified atom stereocenters. The summed E-state index contributed by atoms with van der Waals surface area (Å²) in [5.74, 6) is 0.159. The molecular weight excluding hydrogens is 214 g/mol. The summed E-state index contributed by atoms with van der Waals surface area (Å²) in [6.45, 7) is 1.96. The topological polar surface area (TPSA) is 48.1 Å². The van der Waals surface area contributed by atoms with Gasteiger partial charge in [0.25, 0.3) is 5.91 Å². The molecule has 17 heavy (non-hydrogen) atoms. The Balaban J connectivity index is 1.69. The first-order valence-corrected chi connectivity index (χ1v) is 6.52. The highest BCUT2D eigenvalue weighted by molar-refractivity contribution is 5.92. The molecule has 2 fully saturated rings. The van der Waals surface area contributed by atoms with E-state index >= 15 is 0 Å². The highest BCUT2D eigenvalue weighted by Gasteiger charge is 2.35. The molecule has 2 aliphatic rings. The number of nitrogens with zero attached hydrogens (tertiary/aromatic N) is 1. The lowest BCUT2D eigenvalue weighted by molar-refractivity contribution is 0.0723. The Hall–Kier alpha value is -1.29. The summed E-state index contributed by atoms with van der Waals surface area (Å²) in [7, 11) is 0. The number of amides is 1. The molecule has 1 aromatic rings. The fraction of sp³-hybridized carbons (Fsp3) is 0.615. The molecule has 1 atom stereocenters. The van der Waals surface area contributed by atoms with Crippen LogP contribution in [0.1, 0.15) is 36.2 Å². The Morgan fingerprint density at radius 2 is 2.29 bits per heavy atom. The van der Waals surface area contributed by atoms with Crippen LogP contribution < -0.4 is 5.32 Å². The zero-order valence-corrected chi connectivity index (χ0v) is 9.98. The molecule has 0 bridgehead atoms. The van der Waals surface area contributed by atoms with Crippen LogP contribution in [0.4, 0.5) is 0 Å². The third-order valence-corrected chi connectivity index (χ3v) is 3.66. The average molecular weight is 233 g/mol. The molecule has 92 valence electrons. The van der Waals surface area contributed by atoms with Gasteiger partial charge >= 0.3 is 0 Å². The fourth-order valence-electron chi connectivity index (χ4n) is 2.55.